The first-order valence-electron chi connectivity index (χ1n) is 10.7. The van der Waals surface area contributed by atoms with E-state index >= 15 is 0 Å². The van der Waals surface area contributed by atoms with E-state index in [2.05, 4.69) is 15.3 Å². The average molecular weight is 540 g/mol. The third kappa shape index (κ3) is 4.76. The van der Waals surface area contributed by atoms with E-state index in [1.807, 2.05) is 0 Å². The number of aromatic nitrogens is 4. The lowest BCUT2D eigenvalue weighted by atomic mass is 10.0. The van der Waals surface area contributed by atoms with Gasteiger partial charge in [-0.2, -0.15) is 4.98 Å². The summed E-state index contributed by atoms with van der Waals surface area (Å²) in [6, 6.07) is 10.1. The van der Waals surface area contributed by atoms with Crippen LogP contribution >= 0.6 is 23.2 Å². The fourth-order valence-electron chi connectivity index (χ4n) is 3.65. The van der Waals surface area contributed by atoms with Gasteiger partial charge in [-0.3, -0.25) is 19.0 Å². The van der Waals surface area contributed by atoms with E-state index in [1.54, 1.807) is 36.4 Å². The molecule has 2 aromatic carbocycles. The third-order valence-electron chi connectivity index (χ3n) is 5.57. The molecule has 0 radical (unpaired) electrons. The predicted octanol–water partition coefficient (Wildman–Crippen LogP) is 3.59. The number of methoxy groups -OCH3 is 1. The van der Waals surface area contributed by atoms with Gasteiger partial charge in [0.05, 0.1) is 28.4 Å². The molecule has 2 heterocycles. The molecule has 0 unspecified atom stereocenters. The lowest BCUT2D eigenvalue weighted by Gasteiger charge is -2.14. The number of anilines is 1. The van der Waals surface area contributed by atoms with Crippen molar-refractivity contribution in [3.8, 4) is 28.4 Å². The van der Waals surface area contributed by atoms with Gasteiger partial charge in [-0.1, -0.05) is 47.5 Å². The molecule has 12 heteroatoms. The van der Waals surface area contributed by atoms with Gasteiger partial charge in [0, 0.05) is 43.2 Å². The number of halogens is 2. The molecular weight excluding hydrogens is 521 g/mol. The molecule has 0 fully saturated rings. The first-order chi connectivity index (χ1) is 17.7. The van der Waals surface area contributed by atoms with Crippen molar-refractivity contribution in [2.24, 2.45) is 14.1 Å². The minimum absolute atomic E-state index is 0.105. The molecule has 1 amide bonds. The highest BCUT2D eigenvalue weighted by Gasteiger charge is 2.20. The third-order valence-corrected chi connectivity index (χ3v) is 6.38. The summed E-state index contributed by atoms with van der Waals surface area (Å²) in [6.07, 6.45) is 3.09. The number of carbonyl (C=O) groups is 2. The number of hydrogen-bond donors (Lipinski definition) is 1. The highest BCUT2D eigenvalue weighted by Crippen LogP contribution is 2.41. The molecule has 4 aromatic rings. The van der Waals surface area contributed by atoms with Crippen molar-refractivity contribution in [2.75, 3.05) is 12.4 Å². The zero-order valence-electron chi connectivity index (χ0n) is 19.8. The zero-order chi connectivity index (χ0) is 26.9. The van der Waals surface area contributed by atoms with Crippen LogP contribution in [0.3, 0.4) is 0 Å². The Morgan fingerprint density at radius 2 is 1.68 bits per heavy atom. The largest absolute Gasteiger partial charge is 0.480 e. The second-order valence-corrected chi connectivity index (χ2v) is 8.62. The first kappa shape index (κ1) is 25.8. The van der Waals surface area contributed by atoms with Crippen LogP contribution < -0.4 is 21.3 Å². The van der Waals surface area contributed by atoms with Crippen molar-refractivity contribution in [3.05, 3.63) is 90.8 Å². The Bertz CT molecular complexity index is 1680. The van der Waals surface area contributed by atoms with Crippen LogP contribution in [0.15, 0.2) is 58.4 Å². The normalized spacial score (nSPS) is 10.7. The monoisotopic (exact) mass is 539 g/mol. The summed E-state index contributed by atoms with van der Waals surface area (Å²) in [6.45, 7) is 0. The summed E-state index contributed by atoms with van der Waals surface area (Å²) in [5, 5.41) is 3.08. The summed E-state index contributed by atoms with van der Waals surface area (Å²) in [5.74, 6) is -0.389. The smallest absolute Gasteiger partial charge is 0.330 e. The highest BCUT2D eigenvalue weighted by atomic mass is 35.5. The van der Waals surface area contributed by atoms with Crippen LogP contribution in [0.2, 0.25) is 10.0 Å². The van der Waals surface area contributed by atoms with E-state index in [1.165, 1.54) is 33.6 Å². The molecule has 0 aliphatic rings. The van der Waals surface area contributed by atoms with Gasteiger partial charge in [-0.05, 0) is 12.1 Å². The maximum absolute atomic E-state index is 12.9. The number of nitrogens with one attached hydrogen (secondary N) is 1. The standard InChI is InChI=1S/C25H19Cl2N5O5/c1-31-11-17(24(35)32(2)25(31)36)22(34)29-18-9-5-7-15(20(18)27)14-6-4-8-16(19(14)26)21-28-10-13(12-33)23(30-21)37-3/h4-12H,1-3H3,(H,29,34). The predicted molar refractivity (Wildman–Crippen MR) is 140 cm³/mol. The van der Waals surface area contributed by atoms with E-state index < -0.39 is 17.2 Å². The van der Waals surface area contributed by atoms with Gasteiger partial charge in [-0.15, -0.1) is 0 Å². The second kappa shape index (κ2) is 10.4. The average Bonchev–Trinajstić information content (AvgIpc) is 2.90. The number of benzene rings is 2. The molecule has 188 valence electrons. The molecule has 0 spiro atoms. The van der Waals surface area contributed by atoms with Crippen LogP contribution in [-0.2, 0) is 14.1 Å². The van der Waals surface area contributed by atoms with Gasteiger partial charge in [0.15, 0.2) is 12.1 Å². The van der Waals surface area contributed by atoms with Gasteiger partial charge >= 0.3 is 5.69 Å². The van der Waals surface area contributed by atoms with Crippen molar-refractivity contribution >= 4 is 41.1 Å². The van der Waals surface area contributed by atoms with Crippen LogP contribution in [0.1, 0.15) is 20.7 Å². The first-order valence-corrected chi connectivity index (χ1v) is 11.5. The summed E-state index contributed by atoms with van der Waals surface area (Å²) in [5.41, 5.74) is 0.396. The minimum Gasteiger partial charge on any atom is -0.480 e. The molecule has 37 heavy (non-hydrogen) atoms. The summed E-state index contributed by atoms with van der Waals surface area (Å²) in [7, 11) is 4.12. The van der Waals surface area contributed by atoms with Crippen molar-refractivity contribution in [3.63, 3.8) is 0 Å². The van der Waals surface area contributed by atoms with Gasteiger partial charge in [0.1, 0.15) is 5.56 Å². The summed E-state index contributed by atoms with van der Waals surface area (Å²) in [4.78, 5) is 56.9. The van der Waals surface area contributed by atoms with Crippen molar-refractivity contribution < 1.29 is 14.3 Å². The Hall–Kier alpha value is -4.28. The Morgan fingerprint density at radius 1 is 1.03 bits per heavy atom. The fourth-order valence-corrected chi connectivity index (χ4v) is 4.24. The minimum atomic E-state index is -0.736. The van der Waals surface area contributed by atoms with E-state index in [4.69, 9.17) is 27.9 Å². The number of aldehydes is 1. The maximum atomic E-state index is 12.9. The molecule has 0 aliphatic carbocycles. The Labute approximate surface area is 220 Å². The number of carbonyl (C=O) groups excluding carboxylic acids is 2. The number of rotatable bonds is 6. The molecule has 0 atom stereocenters. The Morgan fingerprint density at radius 3 is 2.35 bits per heavy atom. The molecule has 0 bridgehead atoms. The molecule has 2 aromatic heterocycles. The summed E-state index contributed by atoms with van der Waals surface area (Å²) < 4.78 is 7.14. The summed E-state index contributed by atoms with van der Waals surface area (Å²) >= 11 is 13.4. The van der Waals surface area contributed by atoms with E-state index in [9.17, 15) is 19.2 Å². The topological polar surface area (TPSA) is 125 Å². The quantitative estimate of drug-likeness (QED) is 0.371. The van der Waals surface area contributed by atoms with E-state index in [0.717, 1.165) is 9.13 Å². The number of ether oxygens (including phenoxy) is 1. The van der Waals surface area contributed by atoms with Crippen LogP contribution in [0.4, 0.5) is 5.69 Å². The van der Waals surface area contributed by atoms with E-state index in [0.29, 0.717) is 23.0 Å². The number of nitrogens with zero attached hydrogens (tertiary/aromatic N) is 4. The van der Waals surface area contributed by atoms with Crippen molar-refractivity contribution in [1.82, 2.24) is 19.1 Å². The van der Waals surface area contributed by atoms with Crippen LogP contribution in [-0.4, -0.2) is 38.4 Å². The molecule has 0 saturated carbocycles. The molecule has 0 saturated heterocycles. The van der Waals surface area contributed by atoms with Crippen LogP contribution in [0, 0.1) is 0 Å². The van der Waals surface area contributed by atoms with Gasteiger partial charge in [0.2, 0.25) is 5.88 Å². The Balaban J connectivity index is 1.74. The number of amides is 1. The number of aryl methyl sites for hydroxylation is 1. The fraction of sp³-hybridized carbons (Fsp3) is 0.120. The molecule has 4 rings (SSSR count). The van der Waals surface area contributed by atoms with Crippen LogP contribution in [0.5, 0.6) is 5.88 Å². The van der Waals surface area contributed by atoms with Gasteiger partial charge in [-0.25, -0.2) is 9.78 Å². The molecular formula is C25H19Cl2N5O5. The van der Waals surface area contributed by atoms with Crippen LogP contribution in [0.25, 0.3) is 22.5 Å². The lowest BCUT2D eigenvalue weighted by Crippen LogP contribution is -2.40. The Kier molecular flexibility index (Phi) is 7.23. The van der Waals surface area contributed by atoms with Gasteiger partial charge in [0.25, 0.3) is 11.5 Å². The SMILES string of the molecule is COc1nc(-c2cccc(-c3cccc(NC(=O)c4cn(C)c(=O)n(C)c4=O)c3Cl)c2Cl)ncc1C=O. The van der Waals surface area contributed by atoms with Gasteiger partial charge < -0.3 is 14.6 Å². The van der Waals surface area contributed by atoms with E-state index in [-0.39, 0.29) is 38.6 Å². The maximum Gasteiger partial charge on any atom is 0.330 e. The molecule has 0 aliphatic heterocycles. The number of hydrogen-bond acceptors (Lipinski definition) is 7. The molecule has 1 N–H and O–H groups in total. The lowest BCUT2D eigenvalue weighted by molar-refractivity contribution is 0.102. The molecule has 10 nitrogen and oxygen atoms in total. The zero-order valence-corrected chi connectivity index (χ0v) is 21.3. The van der Waals surface area contributed by atoms with Crippen molar-refractivity contribution in [1.29, 1.82) is 0 Å². The highest BCUT2D eigenvalue weighted by molar-refractivity contribution is 6.39. The second-order valence-electron chi connectivity index (χ2n) is 7.86. The van der Waals surface area contributed by atoms with Crippen molar-refractivity contribution in [2.45, 2.75) is 0 Å².